The zero-order chi connectivity index (χ0) is 12.1. The van der Waals surface area contributed by atoms with Gasteiger partial charge >= 0.3 is 5.97 Å². The highest BCUT2D eigenvalue weighted by Crippen LogP contribution is 2.80. The van der Waals surface area contributed by atoms with Crippen LogP contribution in [0.5, 0.6) is 0 Å². The van der Waals surface area contributed by atoms with Gasteiger partial charge in [0.05, 0.1) is 5.41 Å². The molecule has 0 N–H and O–H groups in total. The summed E-state index contributed by atoms with van der Waals surface area (Å²) in [5, 5.41) is 0. The van der Waals surface area contributed by atoms with Crippen LogP contribution in [-0.2, 0) is 9.53 Å². The van der Waals surface area contributed by atoms with Crippen LogP contribution in [0.4, 0.5) is 0 Å². The molecule has 2 aliphatic carbocycles. The molecule has 3 fully saturated rings. The Balaban J connectivity index is 2.29. The van der Waals surface area contributed by atoms with Crippen molar-refractivity contribution in [3.63, 3.8) is 0 Å². The number of carbonyl (C=O) groups excluding carboxylic acids is 1. The summed E-state index contributed by atoms with van der Waals surface area (Å²) in [5.41, 5.74) is -0.174. The second kappa shape index (κ2) is 2.21. The SMILES string of the molecule is CC1C2C3(C)CC1(C)C(C)(C)C2(C)OC3=O. The first-order valence-corrected chi connectivity index (χ1v) is 6.35. The fourth-order valence-electron chi connectivity index (χ4n) is 5.48. The van der Waals surface area contributed by atoms with Gasteiger partial charge in [-0.3, -0.25) is 4.79 Å². The third kappa shape index (κ3) is 0.657. The van der Waals surface area contributed by atoms with Crippen molar-refractivity contribution in [2.75, 3.05) is 0 Å². The number of carbonyl (C=O) groups is 1. The molecular weight excluding hydrogens is 200 g/mol. The lowest BCUT2D eigenvalue weighted by atomic mass is 9.55. The predicted molar refractivity (Wildman–Crippen MR) is 61.8 cm³/mol. The van der Waals surface area contributed by atoms with E-state index in [4.69, 9.17) is 4.74 Å². The first-order chi connectivity index (χ1) is 7.11. The second-order valence-corrected chi connectivity index (χ2v) is 7.40. The van der Waals surface area contributed by atoms with Gasteiger partial charge in [-0.25, -0.2) is 0 Å². The van der Waals surface area contributed by atoms with Crippen molar-refractivity contribution in [3.8, 4) is 0 Å². The van der Waals surface area contributed by atoms with Crippen LogP contribution in [0.25, 0.3) is 0 Å². The molecule has 5 atom stereocenters. The molecule has 0 spiro atoms. The van der Waals surface area contributed by atoms with E-state index < -0.39 is 0 Å². The predicted octanol–water partition coefficient (Wildman–Crippen LogP) is 3.01. The summed E-state index contributed by atoms with van der Waals surface area (Å²) in [4.78, 5) is 12.2. The summed E-state index contributed by atoms with van der Waals surface area (Å²) in [6, 6.07) is 0. The summed E-state index contributed by atoms with van der Waals surface area (Å²) >= 11 is 0. The Morgan fingerprint density at radius 2 is 1.75 bits per heavy atom. The lowest BCUT2D eigenvalue weighted by Crippen LogP contribution is -2.51. The minimum atomic E-state index is -0.259. The van der Waals surface area contributed by atoms with E-state index in [1.807, 2.05) is 0 Å². The van der Waals surface area contributed by atoms with Crippen LogP contribution in [-0.4, -0.2) is 11.6 Å². The molecule has 1 saturated heterocycles. The maximum Gasteiger partial charge on any atom is 0.312 e. The third-order valence-corrected chi connectivity index (χ3v) is 6.96. The highest BCUT2D eigenvalue weighted by atomic mass is 16.6. The molecule has 3 aliphatic rings. The van der Waals surface area contributed by atoms with E-state index in [0.29, 0.717) is 11.8 Å². The largest absolute Gasteiger partial charge is 0.458 e. The molecule has 2 nitrogen and oxygen atoms in total. The van der Waals surface area contributed by atoms with E-state index in [0.717, 1.165) is 6.42 Å². The van der Waals surface area contributed by atoms with Crippen LogP contribution < -0.4 is 0 Å². The number of hydrogen-bond acceptors (Lipinski definition) is 2. The Bertz CT molecular complexity index is 400. The first-order valence-electron chi connectivity index (χ1n) is 6.35. The molecule has 2 heteroatoms. The van der Waals surface area contributed by atoms with Crippen molar-refractivity contribution in [1.82, 2.24) is 0 Å². The lowest BCUT2D eigenvalue weighted by Gasteiger charge is -2.49. The monoisotopic (exact) mass is 222 g/mol. The zero-order valence-corrected chi connectivity index (χ0v) is 11.2. The molecule has 1 aliphatic heterocycles. The summed E-state index contributed by atoms with van der Waals surface area (Å²) in [6.07, 6.45) is 0.993. The number of esters is 1. The second-order valence-electron chi connectivity index (χ2n) is 7.40. The van der Waals surface area contributed by atoms with Gasteiger partial charge in [0.25, 0.3) is 0 Å². The van der Waals surface area contributed by atoms with Crippen LogP contribution in [0, 0.1) is 28.1 Å². The molecule has 0 radical (unpaired) electrons. The fourth-order valence-corrected chi connectivity index (χ4v) is 5.48. The van der Waals surface area contributed by atoms with Crippen molar-refractivity contribution in [1.29, 1.82) is 0 Å². The normalized spacial score (nSPS) is 61.5. The first kappa shape index (κ1) is 10.6. The van der Waals surface area contributed by atoms with Crippen LogP contribution in [0.2, 0.25) is 0 Å². The van der Waals surface area contributed by atoms with Gasteiger partial charge in [0.15, 0.2) is 0 Å². The van der Waals surface area contributed by atoms with Crippen molar-refractivity contribution in [2.45, 2.75) is 53.6 Å². The van der Waals surface area contributed by atoms with Crippen LogP contribution >= 0.6 is 0 Å². The van der Waals surface area contributed by atoms with Crippen LogP contribution in [0.1, 0.15) is 48.0 Å². The van der Waals surface area contributed by atoms with Gasteiger partial charge in [-0.15, -0.1) is 0 Å². The molecule has 2 bridgehead atoms. The lowest BCUT2D eigenvalue weighted by molar-refractivity contribution is -0.159. The zero-order valence-electron chi connectivity index (χ0n) is 11.2. The van der Waals surface area contributed by atoms with Gasteiger partial charge < -0.3 is 4.74 Å². The van der Waals surface area contributed by atoms with Gasteiger partial charge in [0.2, 0.25) is 0 Å². The van der Waals surface area contributed by atoms with Gasteiger partial charge in [-0.05, 0) is 31.6 Å². The molecule has 5 unspecified atom stereocenters. The Kier molecular flexibility index (Phi) is 1.47. The van der Waals surface area contributed by atoms with E-state index in [1.165, 1.54) is 0 Å². The van der Waals surface area contributed by atoms with E-state index in [2.05, 4.69) is 41.5 Å². The third-order valence-electron chi connectivity index (χ3n) is 6.96. The molecule has 0 aromatic rings. The summed E-state index contributed by atoms with van der Waals surface area (Å²) in [7, 11) is 0. The Morgan fingerprint density at radius 3 is 2.19 bits per heavy atom. The number of fused-ring (bicyclic) bond motifs is 1. The minimum absolute atomic E-state index is 0.0427. The van der Waals surface area contributed by atoms with Gasteiger partial charge in [-0.1, -0.05) is 27.7 Å². The fraction of sp³-hybridized carbons (Fsp3) is 0.929. The van der Waals surface area contributed by atoms with Crippen molar-refractivity contribution in [2.24, 2.45) is 28.1 Å². The van der Waals surface area contributed by atoms with Gasteiger partial charge in [-0.2, -0.15) is 0 Å². The highest BCUT2D eigenvalue weighted by Gasteiger charge is 2.83. The van der Waals surface area contributed by atoms with E-state index in [1.54, 1.807) is 0 Å². The standard InChI is InChI=1S/C14H22O2/c1-8-9-12(4)7-13(8,5)11(2,3)14(9,6)16-10(12)15/h8-9H,7H2,1-6H3. The molecule has 2 saturated carbocycles. The van der Waals surface area contributed by atoms with Gasteiger partial charge in [0.1, 0.15) is 5.60 Å². The number of ether oxygens (including phenoxy) is 1. The molecule has 0 aromatic carbocycles. The average molecular weight is 222 g/mol. The summed E-state index contributed by atoms with van der Waals surface area (Å²) < 4.78 is 5.84. The number of rotatable bonds is 0. The highest BCUT2D eigenvalue weighted by molar-refractivity contribution is 5.82. The quantitative estimate of drug-likeness (QED) is 0.589. The molecule has 1 heterocycles. The number of hydrogen-bond donors (Lipinski definition) is 0. The molecule has 16 heavy (non-hydrogen) atoms. The average Bonchev–Trinajstić information content (AvgIpc) is 2.49. The molecule has 90 valence electrons. The summed E-state index contributed by atoms with van der Waals surface area (Å²) in [5.74, 6) is 1.01. The smallest absolute Gasteiger partial charge is 0.312 e. The van der Waals surface area contributed by atoms with Crippen molar-refractivity contribution < 1.29 is 9.53 Å². The van der Waals surface area contributed by atoms with Crippen molar-refractivity contribution >= 4 is 5.97 Å². The maximum atomic E-state index is 12.2. The van der Waals surface area contributed by atoms with Gasteiger partial charge in [0, 0.05) is 11.3 Å². The Hall–Kier alpha value is -0.530. The topological polar surface area (TPSA) is 26.3 Å². The van der Waals surface area contributed by atoms with Crippen LogP contribution in [0.3, 0.4) is 0 Å². The van der Waals surface area contributed by atoms with Crippen molar-refractivity contribution in [3.05, 3.63) is 0 Å². The summed E-state index contributed by atoms with van der Waals surface area (Å²) in [6.45, 7) is 13.5. The maximum absolute atomic E-state index is 12.2. The van der Waals surface area contributed by atoms with E-state index in [-0.39, 0.29) is 27.8 Å². The van der Waals surface area contributed by atoms with E-state index in [9.17, 15) is 4.79 Å². The molecular formula is C14H22O2. The molecule has 0 amide bonds. The van der Waals surface area contributed by atoms with E-state index >= 15 is 0 Å². The Labute approximate surface area is 97.7 Å². The van der Waals surface area contributed by atoms with Crippen LogP contribution in [0.15, 0.2) is 0 Å². The molecule has 3 rings (SSSR count). The minimum Gasteiger partial charge on any atom is -0.458 e. The Morgan fingerprint density at radius 1 is 1.19 bits per heavy atom. The molecule has 0 aromatic heterocycles.